The molecule has 1 aromatic carbocycles. The second-order valence-corrected chi connectivity index (χ2v) is 4.78. The van der Waals surface area contributed by atoms with Gasteiger partial charge in [-0.25, -0.2) is 14.4 Å². The van der Waals surface area contributed by atoms with Gasteiger partial charge in [-0.2, -0.15) is 5.26 Å². The highest BCUT2D eigenvalue weighted by Crippen LogP contribution is 2.19. The summed E-state index contributed by atoms with van der Waals surface area (Å²) in [6, 6.07) is 8.41. The van der Waals surface area contributed by atoms with Crippen molar-refractivity contribution < 1.29 is 4.39 Å². The fourth-order valence-corrected chi connectivity index (χ4v) is 2.03. The van der Waals surface area contributed by atoms with Gasteiger partial charge in [-0.1, -0.05) is 12.1 Å². The number of anilines is 1. The van der Waals surface area contributed by atoms with Crippen molar-refractivity contribution in [2.24, 2.45) is 0 Å². The summed E-state index contributed by atoms with van der Waals surface area (Å²) >= 11 is 0. The molecule has 6 heteroatoms. The Labute approximate surface area is 123 Å². The van der Waals surface area contributed by atoms with E-state index < -0.39 is 0 Å². The first-order valence-corrected chi connectivity index (χ1v) is 6.48. The minimum absolute atomic E-state index is 0.0270. The lowest BCUT2D eigenvalue weighted by atomic mass is 10.1. The monoisotopic (exact) mass is 285 g/mol. The molecule has 0 bridgehead atoms. The number of halogens is 1. The molecule has 1 aromatic heterocycles. The van der Waals surface area contributed by atoms with Crippen molar-refractivity contribution in [3.63, 3.8) is 0 Å². The number of nitrogens with zero attached hydrogens (tertiary/aromatic N) is 4. The Morgan fingerprint density at radius 1 is 1.24 bits per heavy atom. The van der Waals surface area contributed by atoms with E-state index in [4.69, 9.17) is 5.26 Å². The highest BCUT2D eigenvalue weighted by Gasteiger charge is 2.15. The SMILES string of the molecule is CN(C)C(CNc1nccnc1C#N)c1ccc(F)cc1. The Hall–Kier alpha value is -2.52. The molecule has 0 spiro atoms. The zero-order chi connectivity index (χ0) is 15.2. The number of hydrogen-bond donors (Lipinski definition) is 1. The van der Waals surface area contributed by atoms with Crippen LogP contribution in [0.4, 0.5) is 10.2 Å². The number of rotatable bonds is 5. The molecule has 2 aromatic rings. The first-order chi connectivity index (χ1) is 10.1. The maximum Gasteiger partial charge on any atom is 0.182 e. The molecule has 0 aliphatic rings. The number of nitrogens with one attached hydrogen (secondary N) is 1. The van der Waals surface area contributed by atoms with Gasteiger partial charge in [-0.05, 0) is 31.8 Å². The lowest BCUT2D eigenvalue weighted by Crippen LogP contribution is -2.27. The first-order valence-electron chi connectivity index (χ1n) is 6.48. The summed E-state index contributed by atoms with van der Waals surface area (Å²) in [6.45, 7) is 0.534. The summed E-state index contributed by atoms with van der Waals surface area (Å²) in [7, 11) is 3.88. The molecule has 21 heavy (non-hydrogen) atoms. The van der Waals surface area contributed by atoms with Crippen molar-refractivity contribution in [2.75, 3.05) is 26.0 Å². The topological polar surface area (TPSA) is 64.8 Å². The molecule has 0 fully saturated rings. The van der Waals surface area contributed by atoms with E-state index in [9.17, 15) is 4.39 Å². The minimum atomic E-state index is -0.259. The van der Waals surface area contributed by atoms with Crippen molar-refractivity contribution in [1.29, 1.82) is 5.26 Å². The second kappa shape index (κ2) is 6.77. The molecule has 0 aliphatic heterocycles. The van der Waals surface area contributed by atoms with Gasteiger partial charge in [0.2, 0.25) is 0 Å². The van der Waals surface area contributed by atoms with Gasteiger partial charge < -0.3 is 10.2 Å². The third kappa shape index (κ3) is 3.74. The predicted octanol–water partition coefficient (Wildman–Crippen LogP) is 2.20. The number of hydrogen-bond acceptors (Lipinski definition) is 5. The highest BCUT2D eigenvalue weighted by molar-refractivity contribution is 5.47. The van der Waals surface area contributed by atoms with Gasteiger partial charge in [-0.3, -0.25) is 0 Å². The van der Waals surface area contributed by atoms with Gasteiger partial charge in [0.05, 0.1) is 6.04 Å². The lowest BCUT2D eigenvalue weighted by molar-refractivity contribution is 0.311. The van der Waals surface area contributed by atoms with E-state index in [1.54, 1.807) is 12.1 Å². The third-order valence-electron chi connectivity index (χ3n) is 3.15. The number of benzene rings is 1. The van der Waals surface area contributed by atoms with Crippen molar-refractivity contribution in [3.05, 3.63) is 53.7 Å². The molecule has 0 aliphatic carbocycles. The quantitative estimate of drug-likeness (QED) is 0.912. The van der Waals surface area contributed by atoms with Gasteiger partial charge in [0.25, 0.3) is 0 Å². The predicted molar refractivity (Wildman–Crippen MR) is 78.1 cm³/mol. The van der Waals surface area contributed by atoms with Crippen LogP contribution in [0.3, 0.4) is 0 Å². The van der Waals surface area contributed by atoms with Crippen LogP contribution in [-0.4, -0.2) is 35.5 Å². The van der Waals surface area contributed by atoms with Crippen LogP contribution in [0.2, 0.25) is 0 Å². The molecule has 0 saturated heterocycles. The third-order valence-corrected chi connectivity index (χ3v) is 3.15. The second-order valence-electron chi connectivity index (χ2n) is 4.78. The minimum Gasteiger partial charge on any atom is -0.366 e. The fraction of sp³-hybridized carbons (Fsp3) is 0.267. The van der Waals surface area contributed by atoms with Crippen molar-refractivity contribution in [2.45, 2.75) is 6.04 Å². The van der Waals surface area contributed by atoms with Crippen molar-refractivity contribution >= 4 is 5.82 Å². The standard InChI is InChI=1S/C15H16FN5/c1-21(2)14(11-3-5-12(16)6-4-11)10-20-15-13(9-17)18-7-8-19-15/h3-8,14H,10H2,1-2H3,(H,19,20). The zero-order valence-corrected chi connectivity index (χ0v) is 11.9. The van der Waals surface area contributed by atoms with Crippen molar-refractivity contribution in [3.8, 4) is 6.07 Å². The Bertz CT molecular complexity index is 633. The summed E-state index contributed by atoms with van der Waals surface area (Å²) in [5.74, 6) is 0.193. The fourth-order valence-electron chi connectivity index (χ4n) is 2.03. The van der Waals surface area contributed by atoms with E-state index in [1.165, 1.54) is 24.5 Å². The molecule has 1 unspecified atom stereocenters. The smallest absolute Gasteiger partial charge is 0.182 e. The van der Waals surface area contributed by atoms with Gasteiger partial charge in [0.15, 0.2) is 11.5 Å². The number of nitriles is 1. The van der Waals surface area contributed by atoms with Gasteiger partial charge in [-0.15, -0.1) is 0 Å². The van der Waals surface area contributed by atoms with Crippen LogP contribution in [0.5, 0.6) is 0 Å². The van der Waals surface area contributed by atoms with Crippen LogP contribution in [0.25, 0.3) is 0 Å². The molecule has 1 atom stereocenters. The molecule has 1 N–H and O–H groups in total. The van der Waals surface area contributed by atoms with Crippen LogP contribution in [0.15, 0.2) is 36.7 Å². The number of likely N-dealkylation sites (N-methyl/N-ethyl adjacent to an activating group) is 1. The van der Waals surface area contributed by atoms with Crippen LogP contribution in [-0.2, 0) is 0 Å². The average molecular weight is 285 g/mol. The van der Waals surface area contributed by atoms with Crippen LogP contribution in [0.1, 0.15) is 17.3 Å². The van der Waals surface area contributed by atoms with E-state index >= 15 is 0 Å². The molecule has 1 heterocycles. The molecule has 5 nitrogen and oxygen atoms in total. The van der Waals surface area contributed by atoms with E-state index in [0.29, 0.717) is 12.4 Å². The molecular formula is C15H16FN5. The van der Waals surface area contributed by atoms with Crippen LogP contribution >= 0.6 is 0 Å². The molecular weight excluding hydrogens is 269 g/mol. The summed E-state index contributed by atoms with van der Waals surface area (Å²) < 4.78 is 13.0. The maximum atomic E-state index is 13.0. The molecule has 0 amide bonds. The Balaban J connectivity index is 2.14. The summed E-state index contributed by atoms with van der Waals surface area (Å²) in [4.78, 5) is 10.1. The maximum absolute atomic E-state index is 13.0. The summed E-state index contributed by atoms with van der Waals surface area (Å²) in [5.41, 5.74) is 1.24. The lowest BCUT2D eigenvalue weighted by Gasteiger charge is -2.25. The molecule has 0 saturated carbocycles. The Kier molecular flexibility index (Phi) is 4.80. The molecule has 2 rings (SSSR count). The molecule has 0 radical (unpaired) electrons. The number of aromatic nitrogens is 2. The van der Waals surface area contributed by atoms with Gasteiger partial charge >= 0.3 is 0 Å². The normalized spacial score (nSPS) is 12.0. The van der Waals surface area contributed by atoms with E-state index in [-0.39, 0.29) is 17.6 Å². The van der Waals surface area contributed by atoms with Crippen LogP contribution < -0.4 is 5.32 Å². The van der Waals surface area contributed by atoms with Gasteiger partial charge in [0.1, 0.15) is 11.9 Å². The first kappa shape index (κ1) is 14.9. The van der Waals surface area contributed by atoms with Crippen LogP contribution in [0, 0.1) is 17.1 Å². The largest absolute Gasteiger partial charge is 0.366 e. The average Bonchev–Trinajstić information content (AvgIpc) is 2.49. The Morgan fingerprint density at radius 3 is 2.52 bits per heavy atom. The molecule has 108 valence electrons. The van der Waals surface area contributed by atoms with Crippen molar-refractivity contribution in [1.82, 2.24) is 14.9 Å². The van der Waals surface area contributed by atoms with E-state index in [0.717, 1.165) is 5.56 Å². The zero-order valence-electron chi connectivity index (χ0n) is 11.9. The summed E-state index contributed by atoms with van der Waals surface area (Å²) in [5, 5.41) is 12.1. The van der Waals surface area contributed by atoms with Gasteiger partial charge in [0, 0.05) is 18.9 Å². The highest BCUT2D eigenvalue weighted by atomic mass is 19.1. The van der Waals surface area contributed by atoms with E-state index in [2.05, 4.69) is 15.3 Å². The van der Waals surface area contributed by atoms with E-state index in [1.807, 2.05) is 25.1 Å². The summed E-state index contributed by atoms with van der Waals surface area (Å²) in [6.07, 6.45) is 3.01. The Morgan fingerprint density at radius 2 is 1.90 bits per heavy atom.